The molecule has 2 aromatic rings. The van der Waals surface area contributed by atoms with Gasteiger partial charge in [0.25, 0.3) is 0 Å². The minimum Gasteiger partial charge on any atom is -0.0689 e. The van der Waals surface area contributed by atoms with E-state index in [1.165, 1.54) is 36.8 Å². The van der Waals surface area contributed by atoms with Crippen molar-refractivity contribution in [3.8, 4) is 0 Å². The van der Waals surface area contributed by atoms with Crippen LogP contribution in [0.25, 0.3) is 0 Å². The van der Waals surface area contributed by atoms with Crippen LogP contribution in [0.1, 0.15) is 153 Å². The molecule has 6 aliphatic rings. The third-order valence-electron chi connectivity index (χ3n) is 15.8. The molecule has 0 nitrogen and oxygen atoms in total. The first-order valence-corrected chi connectivity index (χ1v) is 23.7. The smallest absolute Gasteiger partial charge is 0.0547 e. The summed E-state index contributed by atoms with van der Waals surface area (Å²) in [5.74, 6) is 9.75. The summed E-state index contributed by atoms with van der Waals surface area (Å²) in [5, 5.41) is 0. The van der Waals surface area contributed by atoms with Crippen LogP contribution in [0.3, 0.4) is 0 Å². The maximum Gasteiger partial charge on any atom is 0.0547 e. The highest BCUT2D eigenvalue weighted by atomic mass is 28.3. The van der Waals surface area contributed by atoms with E-state index in [1.54, 1.807) is 62.5 Å². The van der Waals surface area contributed by atoms with Crippen LogP contribution in [0.5, 0.6) is 0 Å². The fourth-order valence-corrected chi connectivity index (χ4v) is 20.0. The van der Waals surface area contributed by atoms with E-state index in [9.17, 15) is 0 Å². The number of hydrogen-bond acceptors (Lipinski definition) is 0. The largest absolute Gasteiger partial charge is 0.0689 e. The van der Waals surface area contributed by atoms with Gasteiger partial charge in [0.05, 0.1) is 8.07 Å². The van der Waals surface area contributed by atoms with E-state index in [1.807, 2.05) is 0 Å². The second-order valence-electron chi connectivity index (χ2n) is 20.8. The monoisotopic (exact) mass is 649 g/mol. The molecule has 2 aromatic carbocycles. The Morgan fingerprint density at radius 2 is 0.809 bits per heavy atom. The fraction of sp³-hybridized carbons (Fsp3) is 0.739. The first-order chi connectivity index (χ1) is 22.3. The molecule has 10 atom stereocenters. The van der Waals surface area contributed by atoms with E-state index in [0.717, 1.165) is 70.3 Å². The molecule has 0 saturated heterocycles. The molecule has 0 amide bonds. The highest BCUT2D eigenvalue weighted by Gasteiger charge is 2.64. The first kappa shape index (κ1) is 32.8. The summed E-state index contributed by atoms with van der Waals surface area (Å²) in [6, 6.07) is 20.2. The quantitative estimate of drug-likeness (QED) is 0.273. The highest BCUT2D eigenvalue weighted by Crippen LogP contribution is 2.71. The van der Waals surface area contributed by atoms with Crippen molar-refractivity contribution in [2.24, 2.45) is 47.3 Å². The van der Waals surface area contributed by atoms with Gasteiger partial charge < -0.3 is 0 Å². The van der Waals surface area contributed by atoms with E-state index in [4.69, 9.17) is 0 Å². The van der Waals surface area contributed by atoms with Gasteiger partial charge in [0.1, 0.15) is 0 Å². The molecule has 0 radical (unpaired) electrons. The molecule has 47 heavy (non-hydrogen) atoms. The van der Waals surface area contributed by atoms with Gasteiger partial charge in [-0.05, 0) is 155 Å². The van der Waals surface area contributed by atoms with Crippen LogP contribution in [0.15, 0.2) is 48.5 Å². The summed E-state index contributed by atoms with van der Waals surface area (Å²) in [6.07, 6.45) is 18.2. The van der Waals surface area contributed by atoms with Crippen molar-refractivity contribution in [2.45, 2.75) is 165 Å². The third kappa shape index (κ3) is 5.97. The lowest BCUT2D eigenvalue weighted by Gasteiger charge is -2.49. The van der Waals surface area contributed by atoms with E-state index in [0.29, 0.717) is 0 Å². The molecule has 0 aliphatic heterocycles. The van der Waals surface area contributed by atoms with Crippen LogP contribution in [0.2, 0.25) is 24.2 Å². The fourth-order valence-electron chi connectivity index (χ4n) is 13.5. The van der Waals surface area contributed by atoms with Crippen LogP contribution < -0.4 is 0 Å². The summed E-state index contributed by atoms with van der Waals surface area (Å²) >= 11 is 0. The Balaban J connectivity index is 1.10. The summed E-state index contributed by atoms with van der Waals surface area (Å²) in [7, 11) is -1.55. The van der Waals surface area contributed by atoms with E-state index in [-0.39, 0.29) is 10.8 Å². The number of hydrogen-bond donors (Lipinski definition) is 0. The molecular formula is C46H68Si. The van der Waals surface area contributed by atoms with Crippen LogP contribution in [-0.4, -0.2) is 8.07 Å². The number of rotatable bonds is 6. The summed E-state index contributed by atoms with van der Waals surface area (Å²) < 4.78 is 0. The van der Waals surface area contributed by atoms with E-state index >= 15 is 0 Å². The standard InChI is InChI=1S/C46H68Si/c1-45(2,3)33-23-19-29(20-24-33)35-11-9-13-37-41(35)27-39(31-15-16-31)43(37)47(7,8)44-38-14-10-12-36(42(38)28-40(44)32-17-18-32)30-21-25-34(26-22-30)46(4,5)6/h19-26,31-32,35-44H,9-18,27-28H2,1-8H3. The minimum absolute atomic E-state index is 0.240. The molecule has 256 valence electrons. The molecule has 6 fully saturated rings. The molecule has 0 aromatic heterocycles. The van der Waals surface area contributed by atoms with Gasteiger partial charge in [-0.15, -0.1) is 0 Å². The van der Waals surface area contributed by atoms with Crippen molar-refractivity contribution in [3.05, 3.63) is 70.8 Å². The van der Waals surface area contributed by atoms with Gasteiger partial charge in [0.2, 0.25) is 0 Å². The Morgan fingerprint density at radius 1 is 0.447 bits per heavy atom. The zero-order chi connectivity index (χ0) is 32.9. The second-order valence-corrected chi connectivity index (χ2v) is 25.8. The van der Waals surface area contributed by atoms with Gasteiger partial charge in [-0.2, -0.15) is 0 Å². The average molecular weight is 649 g/mol. The lowest BCUT2D eigenvalue weighted by molar-refractivity contribution is 0.226. The zero-order valence-corrected chi connectivity index (χ0v) is 32.5. The molecular weight excluding hydrogens is 581 g/mol. The topological polar surface area (TPSA) is 0 Å². The van der Waals surface area contributed by atoms with Crippen molar-refractivity contribution >= 4 is 8.07 Å². The molecule has 10 unspecified atom stereocenters. The lowest BCUT2D eigenvalue weighted by Crippen LogP contribution is -2.48. The number of benzene rings is 2. The summed E-state index contributed by atoms with van der Waals surface area (Å²) in [6.45, 7) is 20.2. The van der Waals surface area contributed by atoms with Crippen LogP contribution >= 0.6 is 0 Å². The molecule has 0 heterocycles. The molecule has 6 saturated carbocycles. The lowest BCUT2D eigenvalue weighted by atomic mass is 9.70. The molecule has 0 N–H and O–H groups in total. The Bertz CT molecular complexity index is 1290. The van der Waals surface area contributed by atoms with Crippen molar-refractivity contribution in [3.63, 3.8) is 0 Å². The van der Waals surface area contributed by atoms with Crippen molar-refractivity contribution in [2.75, 3.05) is 0 Å². The predicted octanol–water partition coefficient (Wildman–Crippen LogP) is 13.3. The van der Waals surface area contributed by atoms with Gasteiger partial charge in [-0.3, -0.25) is 0 Å². The van der Waals surface area contributed by atoms with Crippen molar-refractivity contribution < 1.29 is 0 Å². The van der Waals surface area contributed by atoms with Crippen LogP contribution in [-0.2, 0) is 10.8 Å². The Hall–Kier alpha value is -1.34. The molecule has 8 rings (SSSR count). The SMILES string of the molecule is CC(C)(C)c1ccc(C2CCCC3C2CC(C2CC2)C3[Si](C)(C)C2C(C3CC3)CC3C(c4ccc(C(C)(C)C)cc4)CCCC32)cc1. The Labute approximate surface area is 290 Å². The maximum absolute atomic E-state index is 3.00. The maximum atomic E-state index is 3.00. The van der Waals surface area contributed by atoms with Gasteiger partial charge in [0, 0.05) is 0 Å². The molecule has 6 aliphatic carbocycles. The Kier molecular flexibility index (Phi) is 8.30. The summed E-state index contributed by atoms with van der Waals surface area (Å²) in [4.78, 5) is 0. The normalized spacial score (nSPS) is 37.9. The predicted molar refractivity (Wildman–Crippen MR) is 204 cm³/mol. The van der Waals surface area contributed by atoms with Crippen LogP contribution in [0, 0.1) is 47.3 Å². The molecule has 0 bridgehead atoms. The van der Waals surface area contributed by atoms with Gasteiger partial charge in [-0.25, -0.2) is 0 Å². The second kappa shape index (κ2) is 11.9. The molecule has 0 spiro atoms. The van der Waals surface area contributed by atoms with Gasteiger partial charge in [0.15, 0.2) is 0 Å². The van der Waals surface area contributed by atoms with Gasteiger partial charge in [-0.1, -0.05) is 129 Å². The third-order valence-corrected chi connectivity index (χ3v) is 20.9. The van der Waals surface area contributed by atoms with Crippen molar-refractivity contribution in [1.82, 2.24) is 0 Å². The zero-order valence-electron chi connectivity index (χ0n) is 31.5. The average Bonchev–Trinajstić information content (AvgIpc) is 3.98. The van der Waals surface area contributed by atoms with Gasteiger partial charge >= 0.3 is 0 Å². The van der Waals surface area contributed by atoms with Crippen LogP contribution in [0.4, 0.5) is 0 Å². The number of fused-ring (bicyclic) bond motifs is 2. The minimum atomic E-state index is -1.55. The summed E-state index contributed by atoms with van der Waals surface area (Å²) in [5.41, 5.74) is 9.01. The van der Waals surface area contributed by atoms with Crippen molar-refractivity contribution in [1.29, 1.82) is 0 Å². The Morgan fingerprint density at radius 3 is 1.13 bits per heavy atom. The highest BCUT2D eigenvalue weighted by molar-refractivity contribution is 6.80. The first-order valence-electron chi connectivity index (χ1n) is 20.5. The van der Waals surface area contributed by atoms with E-state index in [2.05, 4.69) is 103 Å². The molecule has 1 heteroatoms. The van der Waals surface area contributed by atoms with E-state index < -0.39 is 8.07 Å².